The molecule has 0 aliphatic carbocycles. The molecular weight excluding hydrogens is 483 g/mol. The number of carbonyl (C=O) groups excluding carboxylic acids is 1. The van der Waals surface area contributed by atoms with Crippen LogP contribution in [0.1, 0.15) is 42.2 Å². The highest BCUT2D eigenvalue weighted by Gasteiger charge is 2.29. The molecule has 3 N–H and O–H groups in total. The minimum atomic E-state index is -1.08. The van der Waals surface area contributed by atoms with E-state index in [-0.39, 0.29) is 31.1 Å². The van der Waals surface area contributed by atoms with E-state index in [2.05, 4.69) is 5.32 Å². The summed E-state index contributed by atoms with van der Waals surface area (Å²) in [5.74, 6) is -1.72. The van der Waals surface area contributed by atoms with Crippen molar-refractivity contribution in [2.45, 2.75) is 45.3 Å². The van der Waals surface area contributed by atoms with Crippen LogP contribution in [0.4, 0.5) is 10.1 Å². The Morgan fingerprint density at radius 1 is 0.921 bits per heavy atom. The molecule has 196 valence electrons. The summed E-state index contributed by atoms with van der Waals surface area (Å²) in [6, 6.07) is 24.9. The Morgan fingerprint density at radius 2 is 1.55 bits per heavy atom. The first-order chi connectivity index (χ1) is 18.4. The lowest BCUT2D eigenvalue weighted by molar-refractivity contribution is -0.139. The number of hydrogen-bond donors (Lipinski definition) is 3. The van der Waals surface area contributed by atoms with E-state index in [1.807, 2.05) is 72.2 Å². The van der Waals surface area contributed by atoms with Gasteiger partial charge in [0.05, 0.1) is 23.8 Å². The number of aliphatic hydroxyl groups excluding tert-OH is 1. The standard InChI is InChI=1S/C31H31FN2O4/c1-2-9-26-29(31(38)33-24-12-7-4-8-13-24)28(21-10-5-3-6-11-21)30(22-14-16-23(32)17-15-22)34(26)19-18-25(35)20-27(36)37/h3-8,10-17,25,35H,2,9,18-20H2,1H3,(H,33,38)(H,36,37)/t25-/m1/s1. The monoisotopic (exact) mass is 514 g/mol. The van der Waals surface area contributed by atoms with E-state index in [0.717, 1.165) is 23.4 Å². The SMILES string of the molecule is CCCc1c(C(=O)Nc2ccccc2)c(-c2ccccc2)c(-c2ccc(F)cc2)n1CC[C@@H](O)CC(=O)O. The van der Waals surface area contributed by atoms with Gasteiger partial charge in [0.25, 0.3) is 5.91 Å². The molecule has 1 heterocycles. The summed E-state index contributed by atoms with van der Waals surface area (Å²) in [6.07, 6.45) is 0.0910. The van der Waals surface area contributed by atoms with E-state index >= 15 is 0 Å². The number of anilines is 1. The first-order valence-electron chi connectivity index (χ1n) is 12.7. The lowest BCUT2D eigenvalue weighted by Crippen LogP contribution is -2.18. The molecule has 0 aliphatic heterocycles. The molecule has 1 atom stereocenters. The third-order valence-electron chi connectivity index (χ3n) is 6.39. The van der Waals surface area contributed by atoms with Gasteiger partial charge in [0.2, 0.25) is 0 Å². The average Bonchev–Trinajstić information content (AvgIpc) is 3.23. The Hall–Kier alpha value is -4.23. The summed E-state index contributed by atoms with van der Waals surface area (Å²) in [5, 5.41) is 22.5. The van der Waals surface area contributed by atoms with E-state index in [1.165, 1.54) is 12.1 Å². The molecule has 0 spiro atoms. The Balaban J connectivity index is 1.96. The number of rotatable bonds is 11. The smallest absolute Gasteiger partial charge is 0.305 e. The van der Waals surface area contributed by atoms with Gasteiger partial charge >= 0.3 is 5.97 Å². The maximum Gasteiger partial charge on any atom is 0.305 e. The molecule has 3 aromatic carbocycles. The molecule has 1 amide bonds. The fourth-order valence-electron chi connectivity index (χ4n) is 4.75. The maximum absolute atomic E-state index is 13.9. The van der Waals surface area contributed by atoms with Crippen molar-refractivity contribution in [3.8, 4) is 22.4 Å². The average molecular weight is 515 g/mol. The summed E-state index contributed by atoms with van der Waals surface area (Å²) < 4.78 is 15.9. The van der Waals surface area contributed by atoms with Gasteiger partial charge in [0, 0.05) is 23.5 Å². The number of nitrogens with zero attached hydrogens (tertiary/aromatic N) is 1. The van der Waals surface area contributed by atoms with Crippen LogP contribution in [-0.4, -0.2) is 32.8 Å². The summed E-state index contributed by atoms with van der Waals surface area (Å²) in [4.78, 5) is 25.1. The zero-order valence-corrected chi connectivity index (χ0v) is 21.2. The Morgan fingerprint density at radius 3 is 2.16 bits per heavy atom. The highest BCUT2D eigenvalue weighted by Crippen LogP contribution is 2.41. The molecule has 0 aliphatic rings. The van der Waals surface area contributed by atoms with Gasteiger partial charge in [0.1, 0.15) is 5.82 Å². The van der Waals surface area contributed by atoms with Crippen molar-refractivity contribution in [3.05, 3.63) is 102 Å². The second-order valence-corrected chi connectivity index (χ2v) is 9.18. The Bertz CT molecular complexity index is 1380. The molecule has 4 aromatic rings. The predicted molar refractivity (Wildman–Crippen MR) is 147 cm³/mol. The van der Waals surface area contributed by atoms with Crippen LogP contribution in [-0.2, 0) is 17.8 Å². The Kier molecular flexibility index (Phi) is 8.71. The van der Waals surface area contributed by atoms with Crippen LogP contribution >= 0.6 is 0 Å². The van der Waals surface area contributed by atoms with E-state index in [4.69, 9.17) is 5.11 Å². The Labute approximate surface area is 221 Å². The number of carboxylic acids is 1. The van der Waals surface area contributed by atoms with Crippen LogP contribution in [0.5, 0.6) is 0 Å². The molecule has 0 unspecified atom stereocenters. The number of para-hydroxylation sites is 1. The van der Waals surface area contributed by atoms with Crippen molar-refractivity contribution >= 4 is 17.6 Å². The highest BCUT2D eigenvalue weighted by molar-refractivity contribution is 6.12. The maximum atomic E-state index is 13.9. The van der Waals surface area contributed by atoms with Gasteiger partial charge in [-0.25, -0.2) is 4.39 Å². The summed E-state index contributed by atoms with van der Waals surface area (Å²) in [7, 11) is 0. The lowest BCUT2D eigenvalue weighted by Gasteiger charge is -2.17. The number of halogens is 1. The number of aliphatic hydroxyl groups is 1. The van der Waals surface area contributed by atoms with Crippen LogP contribution in [0.25, 0.3) is 22.4 Å². The van der Waals surface area contributed by atoms with Crippen LogP contribution in [0.15, 0.2) is 84.9 Å². The van der Waals surface area contributed by atoms with E-state index in [9.17, 15) is 19.1 Å². The van der Waals surface area contributed by atoms with Gasteiger partial charge in [-0.2, -0.15) is 0 Å². The van der Waals surface area contributed by atoms with Crippen molar-refractivity contribution in [2.75, 3.05) is 5.32 Å². The third kappa shape index (κ3) is 6.18. The van der Waals surface area contributed by atoms with E-state index < -0.39 is 12.1 Å². The van der Waals surface area contributed by atoms with Crippen LogP contribution in [0.2, 0.25) is 0 Å². The van der Waals surface area contributed by atoms with Crippen LogP contribution < -0.4 is 5.32 Å². The van der Waals surface area contributed by atoms with Gasteiger partial charge in [0.15, 0.2) is 0 Å². The van der Waals surface area contributed by atoms with Gasteiger partial charge in [-0.05, 0) is 60.4 Å². The number of aromatic nitrogens is 1. The van der Waals surface area contributed by atoms with Crippen LogP contribution in [0, 0.1) is 5.82 Å². The van der Waals surface area contributed by atoms with Gasteiger partial charge in [-0.1, -0.05) is 61.9 Å². The predicted octanol–water partition coefficient (Wildman–Crippen LogP) is 6.39. The molecule has 38 heavy (non-hydrogen) atoms. The fraction of sp³-hybridized carbons (Fsp3) is 0.226. The van der Waals surface area contributed by atoms with E-state index in [1.54, 1.807) is 12.1 Å². The van der Waals surface area contributed by atoms with Gasteiger partial charge in [-0.3, -0.25) is 9.59 Å². The topological polar surface area (TPSA) is 91.6 Å². The highest BCUT2D eigenvalue weighted by atomic mass is 19.1. The first-order valence-corrected chi connectivity index (χ1v) is 12.7. The normalized spacial score (nSPS) is 11.8. The van der Waals surface area contributed by atoms with E-state index in [0.29, 0.717) is 28.8 Å². The molecule has 6 nitrogen and oxygen atoms in total. The minimum absolute atomic E-state index is 0.180. The van der Waals surface area contributed by atoms with Gasteiger partial charge in [-0.15, -0.1) is 0 Å². The molecule has 0 saturated carbocycles. The molecule has 0 radical (unpaired) electrons. The number of aliphatic carboxylic acids is 1. The molecule has 1 aromatic heterocycles. The molecule has 4 rings (SSSR count). The van der Waals surface area contributed by atoms with Crippen molar-refractivity contribution in [1.82, 2.24) is 4.57 Å². The summed E-state index contributed by atoms with van der Waals surface area (Å²) >= 11 is 0. The van der Waals surface area contributed by atoms with Crippen LogP contribution in [0.3, 0.4) is 0 Å². The first kappa shape index (κ1) is 26.8. The lowest BCUT2D eigenvalue weighted by atomic mass is 9.95. The summed E-state index contributed by atoms with van der Waals surface area (Å²) in [6.45, 7) is 2.31. The zero-order valence-electron chi connectivity index (χ0n) is 21.2. The third-order valence-corrected chi connectivity index (χ3v) is 6.39. The number of hydrogen-bond acceptors (Lipinski definition) is 3. The molecule has 0 saturated heterocycles. The number of benzene rings is 3. The minimum Gasteiger partial charge on any atom is -0.481 e. The molecular formula is C31H31FN2O4. The summed E-state index contributed by atoms with van der Waals surface area (Å²) in [5.41, 5.74) is 4.92. The molecule has 0 fully saturated rings. The zero-order chi connectivity index (χ0) is 27.1. The number of nitrogens with one attached hydrogen (secondary N) is 1. The van der Waals surface area contributed by atoms with Crippen molar-refractivity contribution in [1.29, 1.82) is 0 Å². The second-order valence-electron chi connectivity index (χ2n) is 9.18. The molecule has 0 bridgehead atoms. The molecule has 7 heteroatoms. The quantitative estimate of drug-likeness (QED) is 0.216. The largest absolute Gasteiger partial charge is 0.481 e. The van der Waals surface area contributed by atoms with Crippen molar-refractivity contribution in [2.24, 2.45) is 0 Å². The number of amides is 1. The second kappa shape index (κ2) is 12.3. The van der Waals surface area contributed by atoms with Crippen molar-refractivity contribution in [3.63, 3.8) is 0 Å². The number of carbonyl (C=O) groups is 2. The van der Waals surface area contributed by atoms with Gasteiger partial charge < -0.3 is 20.1 Å². The fourth-order valence-corrected chi connectivity index (χ4v) is 4.75. The number of carboxylic acid groups (broad SMARTS) is 1. The van der Waals surface area contributed by atoms with Crippen molar-refractivity contribution < 1.29 is 24.2 Å².